The maximum Gasteiger partial charge on any atom is 0.253 e. The molecule has 0 unspecified atom stereocenters. The van der Waals surface area contributed by atoms with Crippen LogP contribution < -0.4 is 5.32 Å². The molecule has 4 nitrogen and oxygen atoms in total. The molecule has 22 heavy (non-hydrogen) atoms. The molecular formula is C18H23N3O. The minimum Gasteiger partial charge on any atom is -0.341 e. The van der Waals surface area contributed by atoms with Gasteiger partial charge in [-0.15, -0.1) is 0 Å². The van der Waals surface area contributed by atoms with E-state index in [1.807, 2.05) is 56.6 Å². The second kappa shape index (κ2) is 8.29. The number of hydrogen-bond acceptors (Lipinski definition) is 3. The monoisotopic (exact) mass is 297 g/mol. The Hall–Kier alpha value is -2.20. The van der Waals surface area contributed by atoms with E-state index < -0.39 is 0 Å². The molecule has 2 rings (SSSR count). The van der Waals surface area contributed by atoms with Gasteiger partial charge in [-0.05, 0) is 43.8 Å². The molecule has 0 saturated heterocycles. The number of likely N-dealkylation sites (N-methyl/N-ethyl adjacent to an activating group) is 2. The molecule has 0 aliphatic carbocycles. The van der Waals surface area contributed by atoms with Crippen molar-refractivity contribution in [1.29, 1.82) is 0 Å². The van der Waals surface area contributed by atoms with E-state index in [0.29, 0.717) is 6.54 Å². The summed E-state index contributed by atoms with van der Waals surface area (Å²) in [5.74, 6) is 0.0719. The summed E-state index contributed by atoms with van der Waals surface area (Å²) in [4.78, 5) is 18.7. The summed E-state index contributed by atoms with van der Waals surface area (Å²) in [6.07, 6.45) is 3.40. The third kappa shape index (κ3) is 4.40. The van der Waals surface area contributed by atoms with E-state index in [-0.39, 0.29) is 5.91 Å². The number of carbonyl (C=O) groups is 1. The molecule has 0 aliphatic rings. The Labute approximate surface area is 132 Å². The first-order valence-electron chi connectivity index (χ1n) is 7.60. The number of benzene rings is 1. The predicted octanol–water partition coefficient (Wildman–Crippen LogP) is 2.16. The highest BCUT2D eigenvalue weighted by Crippen LogP contribution is 2.12. The fourth-order valence-corrected chi connectivity index (χ4v) is 2.34. The maximum absolute atomic E-state index is 12.6. The van der Waals surface area contributed by atoms with E-state index in [0.717, 1.165) is 36.2 Å². The number of amides is 1. The van der Waals surface area contributed by atoms with Crippen LogP contribution in [0, 0.1) is 0 Å². The lowest BCUT2D eigenvalue weighted by molar-refractivity contribution is 0.0795. The van der Waals surface area contributed by atoms with Gasteiger partial charge in [0.15, 0.2) is 0 Å². The lowest BCUT2D eigenvalue weighted by Crippen LogP contribution is -2.30. The summed E-state index contributed by atoms with van der Waals surface area (Å²) >= 11 is 0. The lowest BCUT2D eigenvalue weighted by Gasteiger charge is -2.19. The van der Waals surface area contributed by atoms with Crippen LogP contribution in [0.5, 0.6) is 0 Å². The zero-order valence-corrected chi connectivity index (χ0v) is 13.2. The van der Waals surface area contributed by atoms with Crippen molar-refractivity contribution in [3.63, 3.8) is 0 Å². The number of nitrogens with zero attached hydrogens (tertiary/aromatic N) is 2. The molecule has 1 N–H and O–H groups in total. The predicted molar refractivity (Wildman–Crippen MR) is 89.0 cm³/mol. The highest BCUT2D eigenvalue weighted by Gasteiger charge is 2.15. The Morgan fingerprint density at radius 1 is 1.14 bits per heavy atom. The van der Waals surface area contributed by atoms with Gasteiger partial charge in [0.25, 0.3) is 5.91 Å². The van der Waals surface area contributed by atoms with E-state index in [1.165, 1.54) is 0 Å². The minimum absolute atomic E-state index is 0.0719. The molecule has 0 fully saturated rings. The summed E-state index contributed by atoms with van der Waals surface area (Å²) in [6.45, 7) is 1.53. The summed E-state index contributed by atoms with van der Waals surface area (Å²) in [7, 11) is 3.77. The van der Waals surface area contributed by atoms with Crippen LogP contribution in [0.4, 0.5) is 0 Å². The van der Waals surface area contributed by atoms with Gasteiger partial charge >= 0.3 is 0 Å². The van der Waals surface area contributed by atoms with Gasteiger partial charge in [0.2, 0.25) is 0 Å². The zero-order chi connectivity index (χ0) is 15.8. The molecule has 0 aliphatic heterocycles. The minimum atomic E-state index is 0.0719. The second-order valence-corrected chi connectivity index (χ2v) is 5.31. The molecule has 1 amide bonds. The first kappa shape index (κ1) is 16.2. The van der Waals surface area contributed by atoms with Gasteiger partial charge in [-0.25, -0.2) is 0 Å². The fourth-order valence-electron chi connectivity index (χ4n) is 2.34. The Kier molecular flexibility index (Phi) is 6.10. The van der Waals surface area contributed by atoms with Crippen molar-refractivity contribution in [2.75, 3.05) is 27.2 Å². The highest BCUT2D eigenvalue weighted by atomic mass is 16.2. The Morgan fingerprint density at radius 3 is 2.64 bits per heavy atom. The van der Waals surface area contributed by atoms with E-state index in [2.05, 4.69) is 10.3 Å². The normalized spacial score (nSPS) is 10.5. The summed E-state index contributed by atoms with van der Waals surface area (Å²) in [6, 6.07) is 13.7. The summed E-state index contributed by atoms with van der Waals surface area (Å²) < 4.78 is 0. The van der Waals surface area contributed by atoms with Crippen LogP contribution in [0.25, 0.3) is 0 Å². The van der Waals surface area contributed by atoms with Gasteiger partial charge in [-0.1, -0.05) is 24.3 Å². The molecule has 1 aromatic heterocycles. The van der Waals surface area contributed by atoms with Gasteiger partial charge in [-0.3, -0.25) is 9.78 Å². The summed E-state index contributed by atoms with van der Waals surface area (Å²) in [5, 5.41) is 3.13. The Bertz CT molecular complexity index is 598. The topological polar surface area (TPSA) is 45.2 Å². The van der Waals surface area contributed by atoms with Crippen molar-refractivity contribution in [1.82, 2.24) is 15.2 Å². The van der Waals surface area contributed by atoms with Crippen LogP contribution >= 0.6 is 0 Å². The average molecular weight is 297 g/mol. The molecule has 1 aromatic carbocycles. The van der Waals surface area contributed by atoms with Crippen molar-refractivity contribution in [3.8, 4) is 0 Å². The number of rotatable bonds is 7. The largest absolute Gasteiger partial charge is 0.341 e. The molecule has 0 spiro atoms. The highest BCUT2D eigenvalue weighted by molar-refractivity contribution is 5.95. The van der Waals surface area contributed by atoms with E-state index in [1.54, 1.807) is 11.1 Å². The number of aromatic nitrogens is 1. The Balaban J connectivity index is 2.01. The van der Waals surface area contributed by atoms with Crippen molar-refractivity contribution in [2.24, 2.45) is 0 Å². The molecule has 4 heteroatoms. The third-order valence-corrected chi connectivity index (χ3v) is 3.67. The van der Waals surface area contributed by atoms with Crippen LogP contribution in [-0.4, -0.2) is 43.0 Å². The van der Waals surface area contributed by atoms with Crippen LogP contribution in [0.2, 0.25) is 0 Å². The van der Waals surface area contributed by atoms with Crippen LogP contribution in [0.1, 0.15) is 21.6 Å². The average Bonchev–Trinajstić information content (AvgIpc) is 2.58. The molecule has 0 bridgehead atoms. The molecule has 0 atom stereocenters. The van der Waals surface area contributed by atoms with Gasteiger partial charge in [0, 0.05) is 37.5 Å². The molecular weight excluding hydrogens is 274 g/mol. The van der Waals surface area contributed by atoms with Gasteiger partial charge in [0.1, 0.15) is 0 Å². The van der Waals surface area contributed by atoms with Crippen molar-refractivity contribution in [2.45, 2.75) is 12.8 Å². The number of carbonyl (C=O) groups excluding carboxylic acids is 1. The SMILES string of the molecule is CNCCc1ccccc1C(=O)N(C)CCc1ccccn1. The van der Waals surface area contributed by atoms with Crippen molar-refractivity contribution >= 4 is 5.91 Å². The van der Waals surface area contributed by atoms with Gasteiger partial charge < -0.3 is 10.2 Å². The number of pyridine rings is 1. The second-order valence-electron chi connectivity index (χ2n) is 5.31. The maximum atomic E-state index is 12.6. The molecule has 1 heterocycles. The quantitative estimate of drug-likeness (QED) is 0.852. The standard InChI is InChI=1S/C18H23N3O/c1-19-13-10-15-7-3-4-9-17(15)18(22)21(2)14-11-16-8-5-6-12-20-16/h3-9,12,19H,10-11,13-14H2,1-2H3. The van der Waals surface area contributed by atoms with Crippen molar-refractivity contribution < 1.29 is 4.79 Å². The molecule has 0 radical (unpaired) electrons. The van der Waals surface area contributed by atoms with Gasteiger partial charge in [0.05, 0.1) is 0 Å². The third-order valence-electron chi connectivity index (χ3n) is 3.67. The molecule has 0 saturated carbocycles. The van der Waals surface area contributed by atoms with Crippen LogP contribution in [0.3, 0.4) is 0 Å². The van der Waals surface area contributed by atoms with Crippen LogP contribution in [-0.2, 0) is 12.8 Å². The van der Waals surface area contributed by atoms with E-state index in [4.69, 9.17) is 0 Å². The zero-order valence-electron chi connectivity index (χ0n) is 13.2. The molecule has 2 aromatic rings. The number of hydrogen-bond donors (Lipinski definition) is 1. The number of nitrogens with one attached hydrogen (secondary N) is 1. The van der Waals surface area contributed by atoms with E-state index in [9.17, 15) is 4.79 Å². The fraction of sp³-hybridized carbons (Fsp3) is 0.333. The summed E-state index contributed by atoms with van der Waals surface area (Å²) in [5.41, 5.74) is 2.89. The van der Waals surface area contributed by atoms with Crippen LogP contribution in [0.15, 0.2) is 48.7 Å². The first-order chi connectivity index (χ1) is 10.7. The van der Waals surface area contributed by atoms with Gasteiger partial charge in [-0.2, -0.15) is 0 Å². The lowest BCUT2D eigenvalue weighted by atomic mass is 10.0. The first-order valence-corrected chi connectivity index (χ1v) is 7.60. The van der Waals surface area contributed by atoms with Crippen molar-refractivity contribution in [3.05, 3.63) is 65.5 Å². The van der Waals surface area contributed by atoms with E-state index >= 15 is 0 Å². The Morgan fingerprint density at radius 2 is 1.91 bits per heavy atom. The molecule has 116 valence electrons. The smallest absolute Gasteiger partial charge is 0.253 e.